The molecule has 8 heteroatoms. The van der Waals surface area contributed by atoms with Crippen LogP contribution in [0.15, 0.2) is 53.0 Å². The summed E-state index contributed by atoms with van der Waals surface area (Å²) in [7, 11) is 0. The first-order valence-corrected chi connectivity index (χ1v) is 7.49. The van der Waals surface area contributed by atoms with Gasteiger partial charge in [0.15, 0.2) is 0 Å². The van der Waals surface area contributed by atoms with Crippen LogP contribution in [-0.2, 0) is 11.3 Å². The van der Waals surface area contributed by atoms with Gasteiger partial charge in [-0.3, -0.25) is 4.79 Å². The fraction of sp³-hybridized carbons (Fsp3) is 0.0667. The highest BCUT2D eigenvalue weighted by molar-refractivity contribution is 9.10. The van der Waals surface area contributed by atoms with Gasteiger partial charge in [0.25, 0.3) is 0 Å². The first-order chi connectivity index (χ1) is 11.1. The molecular weight excluding hydrogens is 365 g/mol. The third-order valence-corrected chi connectivity index (χ3v) is 3.68. The molecule has 1 amide bonds. The Balaban J connectivity index is 1.68. The molecule has 0 aliphatic rings. The highest BCUT2D eigenvalue weighted by Crippen LogP contribution is 2.21. The van der Waals surface area contributed by atoms with Crippen molar-refractivity contribution in [3.05, 3.63) is 58.8 Å². The predicted octanol–water partition coefficient (Wildman–Crippen LogP) is 2.88. The average molecular weight is 376 g/mol. The molecule has 23 heavy (non-hydrogen) atoms. The molecule has 6 nitrogen and oxygen atoms in total. The number of aromatic nitrogens is 4. The summed E-state index contributed by atoms with van der Waals surface area (Å²) in [6.07, 6.45) is 0. The van der Waals surface area contributed by atoms with E-state index >= 15 is 0 Å². The molecule has 0 aliphatic carbocycles. The van der Waals surface area contributed by atoms with Crippen LogP contribution in [0.1, 0.15) is 0 Å². The van der Waals surface area contributed by atoms with Crippen LogP contribution in [0.5, 0.6) is 0 Å². The van der Waals surface area contributed by atoms with Crippen molar-refractivity contribution in [2.75, 3.05) is 5.32 Å². The van der Waals surface area contributed by atoms with Gasteiger partial charge >= 0.3 is 0 Å². The van der Waals surface area contributed by atoms with Crippen LogP contribution >= 0.6 is 15.9 Å². The van der Waals surface area contributed by atoms with E-state index in [9.17, 15) is 9.18 Å². The first kappa shape index (κ1) is 15.3. The molecule has 2 aromatic carbocycles. The van der Waals surface area contributed by atoms with E-state index < -0.39 is 0 Å². The molecule has 0 aliphatic heterocycles. The van der Waals surface area contributed by atoms with Gasteiger partial charge in [-0.1, -0.05) is 12.1 Å². The predicted molar refractivity (Wildman–Crippen MR) is 86.0 cm³/mol. The van der Waals surface area contributed by atoms with Crippen LogP contribution in [0, 0.1) is 5.82 Å². The molecule has 1 heterocycles. The van der Waals surface area contributed by atoms with Gasteiger partial charge in [0.05, 0.1) is 5.69 Å². The van der Waals surface area contributed by atoms with Crippen molar-refractivity contribution in [2.24, 2.45) is 0 Å². The Morgan fingerprint density at radius 3 is 2.65 bits per heavy atom. The van der Waals surface area contributed by atoms with Crippen molar-refractivity contribution >= 4 is 27.5 Å². The molecule has 0 fully saturated rings. The lowest BCUT2D eigenvalue weighted by Crippen LogP contribution is -2.20. The average Bonchev–Trinajstić information content (AvgIpc) is 2.98. The summed E-state index contributed by atoms with van der Waals surface area (Å²) in [6, 6.07) is 13.0. The van der Waals surface area contributed by atoms with Gasteiger partial charge in [0, 0.05) is 10.0 Å². The summed E-state index contributed by atoms with van der Waals surface area (Å²) in [6.45, 7) is -0.0739. The van der Waals surface area contributed by atoms with E-state index in [1.807, 2.05) is 18.2 Å². The molecule has 0 spiro atoms. The Morgan fingerprint density at radius 2 is 1.91 bits per heavy atom. The van der Waals surface area contributed by atoms with Crippen molar-refractivity contribution in [2.45, 2.75) is 6.54 Å². The maximum atomic E-state index is 12.9. The molecule has 1 N–H and O–H groups in total. The molecule has 0 atom stereocenters. The maximum Gasteiger partial charge on any atom is 0.248 e. The van der Waals surface area contributed by atoms with E-state index in [4.69, 9.17) is 0 Å². The molecule has 0 unspecified atom stereocenters. The number of anilines is 1. The number of amides is 1. The van der Waals surface area contributed by atoms with Gasteiger partial charge < -0.3 is 5.32 Å². The lowest BCUT2D eigenvalue weighted by Gasteiger charge is -2.06. The van der Waals surface area contributed by atoms with E-state index in [0.717, 1.165) is 4.47 Å². The number of hydrogen-bond acceptors (Lipinski definition) is 4. The number of hydrogen-bond donors (Lipinski definition) is 1. The first-order valence-electron chi connectivity index (χ1n) is 6.70. The summed E-state index contributed by atoms with van der Waals surface area (Å²) in [5.41, 5.74) is 1.29. The number of para-hydroxylation sites is 1. The Labute approximate surface area is 139 Å². The zero-order chi connectivity index (χ0) is 16.2. The molecule has 0 saturated heterocycles. The molecule has 0 saturated carbocycles. The Kier molecular flexibility index (Phi) is 4.42. The molecule has 0 bridgehead atoms. The molecular formula is C15H11BrFN5O. The Hall–Kier alpha value is -2.61. The number of nitrogens with zero attached hydrogens (tertiary/aromatic N) is 4. The van der Waals surface area contributed by atoms with Crippen LogP contribution in [0.2, 0.25) is 0 Å². The zero-order valence-electron chi connectivity index (χ0n) is 11.8. The summed E-state index contributed by atoms with van der Waals surface area (Å²) in [4.78, 5) is 13.2. The summed E-state index contributed by atoms with van der Waals surface area (Å²) >= 11 is 3.35. The lowest BCUT2D eigenvalue weighted by molar-refractivity contribution is -0.117. The van der Waals surface area contributed by atoms with Crippen molar-refractivity contribution in [1.82, 2.24) is 20.2 Å². The minimum atomic E-state index is -0.339. The monoisotopic (exact) mass is 375 g/mol. The van der Waals surface area contributed by atoms with Crippen LogP contribution in [0.3, 0.4) is 0 Å². The summed E-state index contributed by atoms with van der Waals surface area (Å²) in [5.74, 6) is -0.285. The fourth-order valence-electron chi connectivity index (χ4n) is 1.91. The second-order valence-electron chi connectivity index (χ2n) is 4.68. The molecule has 3 rings (SSSR count). The van der Waals surface area contributed by atoms with Crippen molar-refractivity contribution in [3.8, 4) is 11.4 Å². The molecule has 3 aromatic rings. The Bertz CT molecular complexity index is 834. The number of benzene rings is 2. The normalized spacial score (nSPS) is 10.5. The number of carbonyl (C=O) groups excluding carboxylic acids is 1. The van der Waals surface area contributed by atoms with E-state index in [1.54, 1.807) is 18.2 Å². The number of tetrazole rings is 1. The largest absolute Gasteiger partial charge is 0.323 e. The van der Waals surface area contributed by atoms with Gasteiger partial charge in [-0.2, -0.15) is 4.80 Å². The van der Waals surface area contributed by atoms with Crippen LogP contribution < -0.4 is 5.32 Å². The summed E-state index contributed by atoms with van der Waals surface area (Å²) in [5, 5.41) is 14.6. The standard InChI is InChI=1S/C15H11BrFN5O/c16-12-3-1-2-4-13(12)18-14(23)9-22-20-15(19-21-22)10-5-7-11(17)8-6-10/h1-8H,9H2,(H,18,23). The van der Waals surface area contributed by atoms with Gasteiger partial charge in [-0.05, 0) is 57.5 Å². The maximum absolute atomic E-state index is 12.9. The van der Waals surface area contributed by atoms with E-state index in [2.05, 4.69) is 36.7 Å². The van der Waals surface area contributed by atoms with Gasteiger partial charge in [-0.15, -0.1) is 10.2 Å². The van der Waals surface area contributed by atoms with Crippen LogP contribution in [-0.4, -0.2) is 26.1 Å². The third kappa shape index (κ3) is 3.78. The van der Waals surface area contributed by atoms with E-state index in [-0.39, 0.29) is 18.3 Å². The zero-order valence-corrected chi connectivity index (χ0v) is 13.4. The number of carbonyl (C=O) groups is 1. The van der Waals surface area contributed by atoms with Gasteiger partial charge in [0.1, 0.15) is 12.4 Å². The van der Waals surface area contributed by atoms with Gasteiger partial charge in [0.2, 0.25) is 11.7 Å². The second-order valence-corrected chi connectivity index (χ2v) is 5.53. The third-order valence-electron chi connectivity index (χ3n) is 2.99. The van der Waals surface area contributed by atoms with Crippen molar-refractivity contribution < 1.29 is 9.18 Å². The smallest absolute Gasteiger partial charge is 0.248 e. The van der Waals surface area contributed by atoms with Crippen LogP contribution in [0.25, 0.3) is 11.4 Å². The Morgan fingerprint density at radius 1 is 1.17 bits per heavy atom. The minimum absolute atomic E-state index is 0.0739. The summed E-state index contributed by atoms with van der Waals surface area (Å²) < 4.78 is 13.7. The minimum Gasteiger partial charge on any atom is -0.323 e. The molecule has 116 valence electrons. The van der Waals surface area contributed by atoms with Gasteiger partial charge in [-0.25, -0.2) is 4.39 Å². The molecule has 1 aromatic heterocycles. The van der Waals surface area contributed by atoms with Crippen molar-refractivity contribution in [3.63, 3.8) is 0 Å². The van der Waals surface area contributed by atoms with E-state index in [0.29, 0.717) is 17.1 Å². The lowest BCUT2D eigenvalue weighted by atomic mass is 10.2. The topological polar surface area (TPSA) is 72.7 Å². The number of nitrogens with one attached hydrogen (secondary N) is 1. The van der Waals surface area contributed by atoms with Crippen molar-refractivity contribution in [1.29, 1.82) is 0 Å². The highest BCUT2D eigenvalue weighted by Gasteiger charge is 2.10. The fourth-order valence-corrected chi connectivity index (χ4v) is 2.29. The number of rotatable bonds is 4. The SMILES string of the molecule is O=C(Cn1nnc(-c2ccc(F)cc2)n1)Nc1ccccc1Br. The number of halogens is 2. The second kappa shape index (κ2) is 6.66. The quantitative estimate of drug-likeness (QED) is 0.760. The van der Waals surface area contributed by atoms with E-state index in [1.165, 1.54) is 16.9 Å². The molecule has 0 radical (unpaired) electrons. The highest BCUT2D eigenvalue weighted by atomic mass is 79.9. The van der Waals surface area contributed by atoms with Crippen LogP contribution in [0.4, 0.5) is 10.1 Å².